The van der Waals surface area contributed by atoms with Gasteiger partial charge in [0.2, 0.25) is 0 Å². The molecule has 204 valence electrons. The molecular formula is C30H32Cl2N4O2S. The Morgan fingerprint density at radius 3 is 2.56 bits per heavy atom. The van der Waals surface area contributed by atoms with E-state index in [0.717, 1.165) is 28.2 Å². The lowest BCUT2D eigenvalue weighted by molar-refractivity contribution is 0.146. The highest BCUT2D eigenvalue weighted by Crippen LogP contribution is 2.48. The van der Waals surface area contributed by atoms with Crippen LogP contribution in [0.1, 0.15) is 49.7 Å². The minimum Gasteiger partial charge on any atom is -0.490 e. The Labute approximate surface area is 245 Å². The van der Waals surface area contributed by atoms with Crippen LogP contribution in [0, 0.1) is 0 Å². The fourth-order valence-corrected chi connectivity index (χ4v) is 6.20. The lowest BCUT2D eigenvalue weighted by atomic mass is 9.86. The van der Waals surface area contributed by atoms with Gasteiger partial charge in [-0.15, -0.1) is 0 Å². The highest BCUT2D eigenvalue weighted by Gasteiger charge is 2.42. The predicted molar refractivity (Wildman–Crippen MR) is 164 cm³/mol. The number of hydrogen-bond acceptors (Lipinski definition) is 5. The highest BCUT2D eigenvalue weighted by atomic mass is 35.5. The summed E-state index contributed by atoms with van der Waals surface area (Å²) in [6.07, 6.45) is 4.09. The summed E-state index contributed by atoms with van der Waals surface area (Å²) in [7, 11) is 3.74. The van der Waals surface area contributed by atoms with Crippen LogP contribution in [-0.2, 0) is 4.74 Å². The van der Waals surface area contributed by atoms with Gasteiger partial charge >= 0.3 is 0 Å². The van der Waals surface area contributed by atoms with Gasteiger partial charge in [-0.2, -0.15) is 0 Å². The second-order valence-electron chi connectivity index (χ2n) is 10.4. The number of likely N-dealkylation sites (N-methyl/N-ethyl adjacent to an activating group) is 1. The number of nitrogens with one attached hydrogen (secondary N) is 1. The Kier molecular flexibility index (Phi) is 7.80. The van der Waals surface area contributed by atoms with Crippen molar-refractivity contribution in [3.63, 3.8) is 0 Å². The predicted octanol–water partition coefficient (Wildman–Crippen LogP) is 7.22. The summed E-state index contributed by atoms with van der Waals surface area (Å²) >= 11 is 19.7. The summed E-state index contributed by atoms with van der Waals surface area (Å²) in [4.78, 5) is 9.00. The number of hydrogen-bond donors (Lipinski definition) is 1. The third-order valence-electron chi connectivity index (χ3n) is 7.49. The number of halogens is 2. The molecule has 2 aliphatic heterocycles. The van der Waals surface area contributed by atoms with Crippen LogP contribution in [0.2, 0.25) is 10.0 Å². The van der Waals surface area contributed by atoms with E-state index in [9.17, 15) is 0 Å². The van der Waals surface area contributed by atoms with Crippen molar-refractivity contribution >= 4 is 57.5 Å². The maximum atomic E-state index is 7.11. The number of pyridine rings is 1. The molecule has 3 heterocycles. The molecule has 2 aliphatic rings. The van der Waals surface area contributed by atoms with E-state index in [0.29, 0.717) is 34.1 Å². The standard InChI is InChI=1S/C30H32Cl2N4O2S/c1-18-17-30(2,3)35(4)25-16-22(31)21(15-20(18)25)28-27(24-8-6-7-11-33-24)34-29(39)36(28)19-9-10-26(23(32)14-19)38-13-12-37-5/h6-11,14-17,27-28H,12-13H2,1-5H3,(H,34,39)/t27-,28-/m0/s1. The van der Waals surface area contributed by atoms with E-state index < -0.39 is 0 Å². The van der Waals surface area contributed by atoms with Crippen LogP contribution in [0.4, 0.5) is 11.4 Å². The Hall–Kier alpha value is -2.84. The van der Waals surface area contributed by atoms with Crippen LogP contribution in [0.25, 0.3) is 5.57 Å². The Balaban J connectivity index is 1.63. The van der Waals surface area contributed by atoms with Crippen molar-refractivity contribution in [3.05, 3.63) is 87.7 Å². The zero-order valence-electron chi connectivity index (χ0n) is 22.7. The van der Waals surface area contributed by atoms with Crippen molar-refractivity contribution in [3.8, 4) is 5.75 Å². The van der Waals surface area contributed by atoms with Gasteiger partial charge in [-0.05, 0) is 86.6 Å². The number of anilines is 2. The van der Waals surface area contributed by atoms with E-state index in [-0.39, 0.29) is 17.6 Å². The fraction of sp³-hybridized carbons (Fsp3) is 0.333. The van der Waals surface area contributed by atoms with Crippen LogP contribution in [0.15, 0.2) is 60.8 Å². The molecule has 1 fully saturated rings. The molecule has 9 heteroatoms. The summed E-state index contributed by atoms with van der Waals surface area (Å²) in [6, 6.07) is 15.4. The molecule has 3 aromatic rings. The van der Waals surface area contributed by atoms with Crippen molar-refractivity contribution in [1.29, 1.82) is 0 Å². The molecule has 2 aromatic carbocycles. The average molecular weight is 584 g/mol. The van der Waals surface area contributed by atoms with Gasteiger partial charge < -0.3 is 24.6 Å². The first-order chi connectivity index (χ1) is 18.6. The number of allylic oxidation sites excluding steroid dienone is 1. The number of fused-ring (bicyclic) bond motifs is 1. The van der Waals surface area contributed by atoms with Gasteiger partial charge in [-0.3, -0.25) is 4.98 Å². The molecule has 1 saturated heterocycles. The largest absolute Gasteiger partial charge is 0.490 e. The number of methoxy groups -OCH3 is 1. The van der Waals surface area contributed by atoms with E-state index in [4.69, 9.17) is 44.9 Å². The normalized spacial score (nSPS) is 20.0. The van der Waals surface area contributed by atoms with Crippen molar-refractivity contribution in [2.45, 2.75) is 38.4 Å². The molecule has 0 spiro atoms. The second-order valence-corrected chi connectivity index (χ2v) is 11.6. The molecule has 6 nitrogen and oxygen atoms in total. The van der Waals surface area contributed by atoms with Gasteiger partial charge in [0.15, 0.2) is 5.11 Å². The quantitative estimate of drug-likeness (QED) is 0.233. The van der Waals surface area contributed by atoms with Crippen LogP contribution in [0.5, 0.6) is 5.75 Å². The monoisotopic (exact) mass is 582 g/mol. The van der Waals surface area contributed by atoms with Crippen molar-refractivity contribution in [2.24, 2.45) is 0 Å². The number of aromatic nitrogens is 1. The number of thiocarbonyl (C=S) groups is 1. The molecular weight excluding hydrogens is 551 g/mol. The smallest absolute Gasteiger partial charge is 0.174 e. The highest BCUT2D eigenvalue weighted by molar-refractivity contribution is 7.80. The van der Waals surface area contributed by atoms with Crippen molar-refractivity contribution in [2.75, 3.05) is 37.2 Å². The lowest BCUT2D eigenvalue weighted by Gasteiger charge is -2.41. The summed E-state index contributed by atoms with van der Waals surface area (Å²) < 4.78 is 10.9. The molecule has 0 saturated carbocycles. The van der Waals surface area contributed by atoms with Gasteiger partial charge in [0.1, 0.15) is 12.4 Å². The summed E-state index contributed by atoms with van der Waals surface area (Å²) in [5.41, 5.74) is 6.00. The fourth-order valence-electron chi connectivity index (χ4n) is 5.36. The van der Waals surface area contributed by atoms with Gasteiger partial charge in [-0.1, -0.05) is 35.3 Å². The Morgan fingerprint density at radius 2 is 1.87 bits per heavy atom. The van der Waals surface area contributed by atoms with Crippen molar-refractivity contribution < 1.29 is 9.47 Å². The van der Waals surface area contributed by atoms with Gasteiger partial charge in [0.25, 0.3) is 0 Å². The van der Waals surface area contributed by atoms with Crippen LogP contribution in [0.3, 0.4) is 0 Å². The third-order valence-corrected chi connectivity index (χ3v) is 8.43. The topological polar surface area (TPSA) is 49.9 Å². The van der Waals surface area contributed by atoms with Crippen molar-refractivity contribution in [1.82, 2.24) is 10.3 Å². The Morgan fingerprint density at radius 1 is 1.08 bits per heavy atom. The molecule has 0 amide bonds. The first-order valence-corrected chi connectivity index (χ1v) is 14.0. The SMILES string of the molecule is COCCOc1ccc(N2C(=S)N[C@@H](c3ccccn3)[C@@H]2c2cc3c(cc2Cl)N(C)C(C)(C)C=C3C)cc1Cl. The second kappa shape index (κ2) is 11.0. The molecule has 0 radical (unpaired) electrons. The molecule has 5 rings (SSSR count). The Bertz CT molecular complexity index is 1430. The van der Waals surface area contributed by atoms with Crippen LogP contribution in [-0.4, -0.2) is 43.0 Å². The first-order valence-electron chi connectivity index (χ1n) is 12.8. The van der Waals surface area contributed by atoms with Crippen LogP contribution < -0.4 is 19.9 Å². The molecule has 2 atom stereocenters. The number of nitrogens with zero attached hydrogens (tertiary/aromatic N) is 3. The summed E-state index contributed by atoms with van der Waals surface area (Å²) in [6.45, 7) is 7.44. The molecule has 0 aliphatic carbocycles. The molecule has 1 aromatic heterocycles. The minimum atomic E-state index is -0.269. The van der Waals surface area contributed by atoms with E-state index in [1.807, 2.05) is 36.4 Å². The third kappa shape index (κ3) is 5.21. The van der Waals surface area contributed by atoms with Gasteiger partial charge in [-0.25, -0.2) is 0 Å². The maximum absolute atomic E-state index is 7.11. The van der Waals surface area contributed by atoms with Gasteiger partial charge in [0.05, 0.1) is 34.9 Å². The molecule has 1 N–H and O–H groups in total. The lowest BCUT2D eigenvalue weighted by Crippen LogP contribution is -2.42. The average Bonchev–Trinajstić information content (AvgIpc) is 3.25. The van der Waals surface area contributed by atoms with E-state index in [1.165, 1.54) is 5.57 Å². The summed E-state index contributed by atoms with van der Waals surface area (Å²) in [5, 5.41) is 5.23. The molecule has 0 bridgehead atoms. The zero-order valence-corrected chi connectivity index (χ0v) is 25.0. The molecule has 0 unspecified atom stereocenters. The zero-order chi connectivity index (χ0) is 27.9. The maximum Gasteiger partial charge on any atom is 0.174 e. The first kappa shape index (κ1) is 27.7. The van der Waals surface area contributed by atoms with E-state index in [1.54, 1.807) is 13.3 Å². The van der Waals surface area contributed by atoms with E-state index >= 15 is 0 Å². The molecule has 39 heavy (non-hydrogen) atoms. The number of rotatable bonds is 7. The summed E-state index contributed by atoms with van der Waals surface area (Å²) in [5.74, 6) is 0.589. The van der Waals surface area contributed by atoms with Crippen LogP contribution >= 0.6 is 35.4 Å². The minimum absolute atomic E-state index is 0.120. The number of benzene rings is 2. The number of ether oxygens (including phenoxy) is 2. The van der Waals surface area contributed by atoms with Gasteiger partial charge in [0, 0.05) is 42.3 Å². The van der Waals surface area contributed by atoms with E-state index in [2.05, 4.69) is 66.1 Å².